The number of dihydropyridines is 1. The Morgan fingerprint density at radius 3 is 2.19 bits per heavy atom. The first kappa shape index (κ1) is 32.3. The Bertz CT molecular complexity index is 2830. The van der Waals surface area contributed by atoms with Crippen LogP contribution in [-0.2, 0) is 5.41 Å². The molecule has 7 aromatic rings. The molecule has 0 saturated heterocycles. The number of hydrogen-bond donors (Lipinski definition) is 1. The van der Waals surface area contributed by atoms with E-state index in [9.17, 15) is 0 Å². The highest BCUT2D eigenvalue weighted by atomic mass is 15.2. The summed E-state index contributed by atoms with van der Waals surface area (Å²) in [6.45, 7) is 0. The molecular formula is C53H40N4. The molecule has 2 aliphatic carbocycles. The molecule has 0 bridgehead atoms. The normalized spacial score (nSPS) is 21.9. The molecule has 6 aromatic carbocycles. The second-order valence-electron chi connectivity index (χ2n) is 15.8. The molecule has 272 valence electrons. The second-order valence-corrected chi connectivity index (χ2v) is 15.8. The molecule has 1 N–H and O–H groups in total. The van der Waals surface area contributed by atoms with E-state index in [1.54, 1.807) is 0 Å². The minimum atomic E-state index is -0.425. The number of anilines is 2. The van der Waals surface area contributed by atoms with Gasteiger partial charge in [0.25, 0.3) is 0 Å². The summed E-state index contributed by atoms with van der Waals surface area (Å²) in [4.78, 5) is 7.34. The summed E-state index contributed by atoms with van der Waals surface area (Å²) < 4.78 is 2.45. The summed E-state index contributed by atoms with van der Waals surface area (Å²) in [6.07, 6.45) is 16.9. The molecule has 1 aromatic heterocycles. The quantitative estimate of drug-likeness (QED) is 0.191. The van der Waals surface area contributed by atoms with Crippen molar-refractivity contribution in [3.8, 4) is 5.69 Å². The SMILES string of the molecule is C1=CC2C(N=C1)c1ccccc1N2C1=CCC(c2ccc(-n3c4c(c5ccccc53)C=C3c5ccccc5C(c5ccccc5)(c5ccccc5)C3N4)cc2)C=C1. The van der Waals surface area contributed by atoms with Crippen LogP contribution >= 0.6 is 0 Å². The molecule has 0 fully saturated rings. The van der Waals surface area contributed by atoms with Gasteiger partial charge in [-0.1, -0.05) is 152 Å². The largest absolute Gasteiger partial charge is 0.362 e. The van der Waals surface area contributed by atoms with Crippen molar-refractivity contribution < 1.29 is 0 Å². The number of para-hydroxylation sites is 2. The highest BCUT2D eigenvalue weighted by Gasteiger charge is 2.53. The van der Waals surface area contributed by atoms with E-state index in [1.165, 1.54) is 66.8 Å². The fourth-order valence-corrected chi connectivity index (χ4v) is 10.6. The summed E-state index contributed by atoms with van der Waals surface area (Å²) in [5.74, 6) is 1.45. The Labute approximate surface area is 333 Å². The minimum absolute atomic E-state index is 0.0170. The molecule has 4 atom stereocenters. The van der Waals surface area contributed by atoms with Crippen molar-refractivity contribution in [3.63, 3.8) is 0 Å². The van der Waals surface area contributed by atoms with E-state index >= 15 is 0 Å². The van der Waals surface area contributed by atoms with Crippen LogP contribution in [0.4, 0.5) is 11.5 Å². The number of aromatic nitrogens is 1. The van der Waals surface area contributed by atoms with Gasteiger partial charge < -0.3 is 10.2 Å². The number of benzene rings is 6. The molecule has 4 nitrogen and oxygen atoms in total. The van der Waals surface area contributed by atoms with E-state index in [1.807, 2.05) is 6.21 Å². The molecule has 57 heavy (non-hydrogen) atoms. The van der Waals surface area contributed by atoms with Crippen molar-refractivity contribution in [2.45, 2.75) is 35.9 Å². The van der Waals surface area contributed by atoms with Gasteiger partial charge in [-0.3, -0.25) is 9.56 Å². The number of fused-ring (bicyclic) bond motifs is 9. The van der Waals surface area contributed by atoms with Crippen LogP contribution in [0.25, 0.3) is 28.2 Å². The smallest absolute Gasteiger partial charge is 0.119 e. The van der Waals surface area contributed by atoms with Crippen LogP contribution in [0.15, 0.2) is 199 Å². The van der Waals surface area contributed by atoms with Gasteiger partial charge >= 0.3 is 0 Å². The Morgan fingerprint density at radius 2 is 1.40 bits per heavy atom. The van der Waals surface area contributed by atoms with Gasteiger partial charge in [0, 0.05) is 45.7 Å². The maximum atomic E-state index is 4.86. The fraction of sp³-hybridized carbons (Fsp3) is 0.113. The zero-order valence-electron chi connectivity index (χ0n) is 31.4. The van der Waals surface area contributed by atoms with Crippen LogP contribution < -0.4 is 10.2 Å². The molecule has 0 spiro atoms. The Morgan fingerprint density at radius 1 is 0.684 bits per heavy atom. The van der Waals surface area contributed by atoms with E-state index in [-0.39, 0.29) is 18.1 Å². The number of allylic oxidation sites excluding steroid dienone is 4. The van der Waals surface area contributed by atoms with E-state index in [4.69, 9.17) is 4.99 Å². The van der Waals surface area contributed by atoms with Crippen molar-refractivity contribution in [2.75, 3.05) is 10.2 Å². The van der Waals surface area contributed by atoms with Crippen LogP contribution in [-0.4, -0.2) is 22.9 Å². The number of nitrogens with zero attached hydrogens (tertiary/aromatic N) is 3. The van der Waals surface area contributed by atoms with Crippen LogP contribution in [0.5, 0.6) is 0 Å². The predicted octanol–water partition coefficient (Wildman–Crippen LogP) is 11.8. The summed E-state index contributed by atoms with van der Waals surface area (Å²) in [5, 5.41) is 5.50. The van der Waals surface area contributed by atoms with Crippen LogP contribution in [0.2, 0.25) is 0 Å². The third kappa shape index (κ3) is 4.64. The minimum Gasteiger partial charge on any atom is -0.362 e. The first-order valence-corrected chi connectivity index (χ1v) is 20.2. The molecule has 0 radical (unpaired) electrons. The van der Waals surface area contributed by atoms with Gasteiger partial charge in [0.1, 0.15) is 11.9 Å². The zero-order chi connectivity index (χ0) is 37.5. The van der Waals surface area contributed by atoms with Crippen molar-refractivity contribution >= 4 is 40.3 Å². The monoisotopic (exact) mass is 732 g/mol. The second kappa shape index (κ2) is 12.6. The first-order chi connectivity index (χ1) is 28.3. The predicted molar refractivity (Wildman–Crippen MR) is 235 cm³/mol. The van der Waals surface area contributed by atoms with E-state index in [2.05, 4.69) is 209 Å². The molecular weight excluding hydrogens is 693 g/mol. The molecule has 12 rings (SSSR count). The summed E-state index contributed by atoms with van der Waals surface area (Å²) in [5.41, 5.74) is 14.9. The molecule has 0 amide bonds. The maximum absolute atomic E-state index is 4.86. The standard InChI is InChI=1S/C53H40N4/c1-3-14-37(15-4-1)53(38-16-5-2-6-17-38)46-21-10-7-18-41(46)44-34-45-42-19-8-11-22-47(42)57(52(45)55-51(44)53)40-31-27-36(28-32-40)35-25-29-39(30-26-35)56-48-23-12-9-20-43(48)50-49(56)24-13-33-54-50/h1-25,27-35,49-51,55H,26H2. The molecule has 5 aliphatic rings. The van der Waals surface area contributed by atoms with E-state index < -0.39 is 5.41 Å². The molecule has 4 heterocycles. The lowest BCUT2D eigenvalue weighted by molar-refractivity contribution is 0.603. The fourth-order valence-electron chi connectivity index (χ4n) is 10.6. The van der Waals surface area contributed by atoms with E-state index in [0.29, 0.717) is 5.92 Å². The van der Waals surface area contributed by atoms with E-state index in [0.717, 1.165) is 17.9 Å². The van der Waals surface area contributed by atoms with Gasteiger partial charge in [0.15, 0.2) is 0 Å². The van der Waals surface area contributed by atoms with Gasteiger partial charge in [-0.15, -0.1) is 0 Å². The lowest BCUT2D eigenvalue weighted by atomic mass is 9.67. The lowest BCUT2D eigenvalue weighted by Gasteiger charge is -2.40. The zero-order valence-corrected chi connectivity index (χ0v) is 31.4. The molecule has 4 heteroatoms. The Balaban J connectivity index is 0.922. The van der Waals surface area contributed by atoms with Crippen molar-refractivity contribution in [1.82, 2.24) is 4.57 Å². The number of nitrogens with one attached hydrogen (secondary N) is 1. The summed E-state index contributed by atoms with van der Waals surface area (Å²) >= 11 is 0. The number of aliphatic imine (C=N–C) groups is 1. The van der Waals surface area contributed by atoms with Crippen LogP contribution in [0, 0.1) is 0 Å². The highest BCUT2D eigenvalue weighted by molar-refractivity contribution is 6.07. The van der Waals surface area contributed by atoms with Crippen molar-refractivity contribution in [2.24, 2.45) is 4.99 Å². The number of hydrogen-bond acceptors (Lipinski definition) is 3. The highest BCUT2D eigenvalue weighted by Crippen LogP contribution is 2.57. The third-order valence-electron chi connectivity index (χ3n) is 13.1. The molecule has 0 saturated carbocycles. The van der Waals surface area contributed by atoms with Gasteiger partial charge in [0.05, 0.1) is 23.0 Å². The van der Waals surface area contributed by atoms with Gasteiger partial charge in [-0.2, -0.15) is 0 Å². The summed E-state index contributed by atoms with van der Waals surface area (Å²) in [7, 11) is 0. The topological polar surface area (TPSA) is 32.6 Å². The van der Waals surface area contributed by atoms with Gasteiger partial charge in [-0.25, -0.2) is 0 Å². The Kier molecular flexibility index (Phi) is 7.12. The van der Waals surface area contributed by atoms with Crippen LogP contribution in [0.3, 0.4) is 0 Å². The van der Waals surface area contributed by atoms with Gasteiger partial charge in [0.2, 0.25) is 0 Å². The summed E-state index contributed by atoms with van der Waals surface area (Å²) in [6, 6.07) is 58.4. The third-order valence-corrected chi connectivity index (χ3v) is 13.1. The lowest BCUT2D eigenvalue weighted by Crippen LogP contribution is -2.44. The maximum Gasteiger partial charge on any atom is 0.119 e. The number of rotatable bonds is 5. The average Bonchev–Trinajstić information content (AvgIpc) is 3.90. The van der Waals surface area contributed by atoms with Crippen LogP contribution in [0.1, 0.15) is 57.3 Å². The molecule has 4 unspecified atom stereocenters. The van der Waals surface area contributed by atoms with Gasteiger partial charge in [-0.05, 0) is 82.3 Å². The average molecular weight is 733 g/mol. The Hall–Kier alpha value is -6.91. The van der Waals surface area contributed by atoms with Crippen molar-refractivity contribution in [3.05, 3.63) is 233 Å². The first-order valence-electron chi connectivity index (χ1n) is 20.2. The molecule has 3 aliphatic heterocycles. The van der Waals surface area contributed by atoms with Crippen molar-refractivity contribution in [1.29, 1.82) is 0 Å².